The summed E-state index contributed by atoms with van der Waals surface area (Å²) in [6.07, 6.45) is 0.493. The molecule has 0 aliphatic carbocycles. The highest BCUT2D eigenvalue weighted by atomic mass is 32.2. The van der Waals surface area contributed by atoms with E-state index in [4.69, 9.17) is 0 Å². The molecule has 0 aromatic heterocycles. The molecular weight excluding hydrogens is 280 g/mol. The molecule has 0 amide bonds. The molecule has 20 heavy (non-hydrogen) atoms. The molecule has 0 bridgehead atoms. The first-order valence-electron chi connectivity index (χ1n) is 6.50. The predicted molar refractivity (Wildman–Crippen MR) is 77.5 cm³/mol. The summed E-state index contributed by atoms with van der Waals surface area (Å²) in [6.45, 7) is 6.34. The molecule has 7 heteroatoms. The van der Waals surface area contributed by atoms with E-state index in [0.29, 0.717) is 6.42 Å². The average Bonchev–Trinajstić information content (AvgIpc) is 2.38. The number of nitrogens with zero attached hydrogens (tertiary/aromatic N) is 1. The van der Waals surface area contributed by atoms with Crippen molar-refractivity contribution in [3.8, 4) is 0 Å². The van der Waals surface area contributed by atoms with Gasteiger partial charge in [-0.1, -0.05) is 6.92 Å². The van der Waals surface area contributed by atoms with Gasteiger partial charge in [0.15, 0.2) is 9.84 Å². The Morgan fingerprint density at radius 1 is 1.25 bits per heavy atom. The summed E-state index contributed by atoms with van der Waals surface area (Å²) in [7, 11) is -3.46. The van der Waals surface area contributed by atoms with Crippen LogP contribution in [0.25, 0.3) is 0 Å². The summed E-state index contributed by atoms with van der Waals surface area (Å²) in [6, 6.07) is 5.12. The van der Waals surface area contributed by atoms with Gasteiger partial charge in [-0.15, -0.1) is 0 Å². The van der Waals surface area contributed by atoms with Crippen molar-refractivity contribution in [3.63, 3.8) is 0 Å². The van der Waals surface area contributed by atoms with Gasteiger partial charge >= 0.3 is 0 Å². The fourth-order valence-electron chi connectivity index (χ4n) is 2.05. The molecule has 0 fully saturated rings. The minimum Gasteiger partial charge on any atom is -0.314 e. The van der Waals surface area contributed by atoms with E-state index in [1.54, 1.807) is 6.92 Å². The van der Waals surface area contributed by atoms with Crippen LogP contribution in [-0.4, -0.2) is 31.2 Å². The predicted octanol–water partition coefficient (Wildman–Crippen LogP) is 2.15. The molecule has 1 aromatic rings. The molecule has 0 aliphatic rings. The normalized spacial score (nSPS) is 14.8. The maximum Gasteiger partial charge on any atom is 0.269 e. The van der Waals surface area contributed by atoms with Crippen molar-refractivity contribution in [1.82, 2.24) is 5.32 Å². The molecule has 1 N–H and O–H groups in total. The number of rotatable bonds is 7. The van der Waals surface area contributed by atoms with Gasteiger partial charge in [0.25, 0.3) is 5.69 Å². The summed E-state index contributed by atoms with van der Waals surface area (Å²) >= 11 is 0. The largest absolute Gasteiger partial charge is 0.314 e. The van der Waals surface area contributed by atoms with Crippen LogP contribution >= 0.6 is 0 Å². The Labute approximate surface area is 119 Å². The zero-order valence-corrected chi connectivity index (χ0v) is 12.7. The lowest BCUT2D eigenvalue weighted by Crippen LogP contribution is -2.32. The number of hydrogen-bond donors (Lipinski definition) is 1. The smallest absolute Gasteiger partial charge is 0.269 e. The highest BCUT2D eigenvalue weighted by Gasteiger charge is 2.25. The van der Waals surface area contributed by atoms with E-state index in [1.807, 2.05) is 13.8 Å². The maximum absolute atomic E-state index is 12.4. The number of nitrogens with one attached hydrogen (secondary N) is 1. The van der Waals surface area contributed by atoms with Crippen LogP contribution in [0.4, 0.5) is 5.69 Å². The fraction of sp³-hybridized carbons (Fsp3) is 0.538. The molecule has 1 aromatic carbocycles. The third-order valence-electron chi connectivity index (χ3n) is 3.14. The first-order valence-corrected chi connectivity index (χ1v) is 8.05. The van der Waals surface area contributed by atoms with Gasteiger partial charge in [-0.05, 0) is 38.9 Å². The van der Waals surface area contributed by atoms with E-state index in [1.165, 1.54) is 24.3 Å². The molecule has 112 valence electrons. The minimum absolute atomic E-state index is 0.0998. The van der Waals surface area contributed by atoms with Crippen molar-refractivity contribution in [3.05, 3.63) is 34.4 Å². The number of nitro groups is 1. The van der Waals surface area contributed by atoms with Crippen LogP contribution in [0.5, 0.6) is 0 Å². The average molecular weight is 300 g/mol. The number of sulfone groups is 1. The second kappa shape index (κ2) is 6.81. The molecule has 1 rings (SSSR count). The molecule has 0 radical (unpaired) electrons. The van der Waals surface area contributed by atoms with Gasteiger partial charge in [-0.25, -0.2) is 8.42 Å². The lowest BCUT2D eigenvalue weighted by molar-refractivity contribution is -0.384. The molecule has 0 spiro atoms. The highest BCUT2D eigenvalue weighted by molar-refractivity contribution is 7.92. The Balaban J connectivity index is 2.89. The van der Waals surface area contributed by atoms with Crippen molar-refractivity contribution in [2.75, 3.05) is 6.54 Å². The third-order valence-corrected chi connectivity index (χ3v) is 5.32. The first-order chi connectivity index (χ1) is 9.28. The zero-order valence-electron chi connectivity index (χ0n) is 11.9. The monoisotopic (exact) mass is 300 g/mol. The second-order valence-corrected chi connectivity index (χ2v) is 7.17. The number of non-ortho nitro benzene ring substituents is 1. The van der Waals surface area contributed by atoms with Crippen LogP contribution in [0, 0.1) is 10.1 Å². The van der Waals surface area contributed by atoms with E-state index in [2.05, 4.69) is 5.32 Å². The Morgan fingerprint density at radius 3 is 2.25 bits per heavy atom. The second-order valence-electron chi connectivity index (χ2n) is 4.80. The Bertz CT molecular complexity index is 554. The van der Waals surface area contributed by atoms with E-state index in [-0.39, 0.29) is 16.6 Å². The van der Waals surface area contributed by atoms with E-state index in [0.717, 1.165) is 6.54 Å². The first kappa shape index (κ1) is 16.6. The van der Waals surface area contributed by atoms with Gasteiger partial charge in [0.2, 0.25) is 0 Å². The van der Waals surface area contributed by atoms with Crippen molar-refractivity contribution >= 4 is 15.5 Å². The van der Waals surface area contributed by atoms with Gasteiger partial charge in [0.05, 0.1) is 15.1 Å². The summed E-state index contributed by atoms with van der Waals surface area (Å²) in [5, 5.41) is 13.2. The lowest BCUT2D eigenvalue weighted by atomic mass is 10.2. The van der Waals surface area contributed by atoms with Gasteiger partial charge in [-0.3, -0.25) is 10.1 Å². The summed E-state index contributed by atoms with van der Waals surface area (Å²) in [5.41, 5.74) is -0.113. The van der Waals surface area contributed by atoms with Crippen molar-refractivity contribution in [2.45, 2.75) is 43.4 Å². The van der Waals surface area contributed by atoms with Crippen LogP contribution in [0.2, 0.25) is 0 Å². The van der Waals surface area contributed by atoms with Gasteiger partial charge < -0.3 is 5.32 Å². The third kappa shape index (κ3) is 4.01. The number of hydrogen-bond acceptors (Lipinski definition) is 5. The molecule has 0 saturated carbocycles. The summed E-state index contributed by atoms with van der Waals surface area (Å²) < 4.78 is 24.7. The number of benzene rings is 1. The number of nitro benzene ring substituents is 1. The topological polar surface area (TPSA) is 89.3 Å². The van der Waals surface area contributed by atoms with Crippen LogP contribution in [0.15, 0.2) is 29.2 Å². The van der Waals surface area contributed by atoms with Crippen molar-refractivity contribution < 1.29 is 13.3 Å². The minimum atomic E-state index is -3.46. The van der Waals surface area contributed by atoms with Gasteiger partial charge in [0.1, 0.15) is 0 Å². The van der Waals surface area contributed by atoms with E-state index >= 15 is 0 Å². The lowest BCUT2D eigenvalue weighted by Gasteiger charge is -2.18. The van der Waals surface area contributed by atoms with Crippen LogP contribution in [0.3, 0.4) is 0 Å². The zero-order chi connectivity index (χ0) is 15.3. The quantitative estimate of drug-likeness (QED) is 0.615. The van der Waals surface area contributed by atoms with Gasteiger partial charge in [-0.2, -0.15) is 0 Å². The maximum atomic E-state index is 12.4. The van der Waals surface area contributed by atoms with Crippen LogP contribution < -0.4 is 5.32 Å². The van der Waals surface area contributed by atoms with Crippen molar-refractivity contribution in [1.29, 1.82) is 0 Å². The Kier molecular flexibility index (Phi) is 5.64. The van der Waals surface area contributed by atoms with Crippen LogP contribution in [0.1, 0.15) is 27.2 Å². The van der Waals surface area contributed by atoms with Crippen molar-refractivity contribution in [2.24, 2.45) is 0 Å². The fourth-order valence-corrected chi connectivity index (χ4v) is 3.57. The van der Waals surface area contributed by atoms with Gasteiger partial charge in [0, 0.05) is 18.2 Å². The molecular formula is C13H20N2O4S. The van der Waals surface area contributed by atoms with E-state index < -0.39 is 20.0 Å². The molecule has 0 aliphatic heterocycles. The molecule has 6 nitrogen and oxygen atoms in total. The SMILES string of the molecule is CCNC(C)CC(C)S(=O)(=O)c1ccc([N+](=O)[O-])cc1. The molecule has 0 saturated heterocycles. The Hall–Kier alpha value is -1.47. The molecule has 2 atom stereocenters. The highest BCUT2D eigenvalue weighted by Crippen LogP contribution is 2.22. The molecule has 0 heterocycles. The Morgan fingerprint density at radius 2 is 1.80 bits per heavy atom. The summed E-state index contributed by atoms with van der Waals surface area (Å²) in [4.78, 5) is 10.1. The van der Waals surface area contributed by atoms with Crippen LogP contribution in [-0.2, 0) is 9.84 Å². The van der Waals surface area contributed by atoms with E-state index in [9.17, 15) is 18.5 Å². The molecule has 2 unspecified atom stereocenters. The summed E-state index contributed by atoms with van der Waals surface area (Å²) in [5.74, 6) is 0. The standard InChI is InChI=1S/C13H20N2O4S/c1-4-14-10(2)9-11(3)20(18,19)13-7-5-12(6-8-13)15(16)17/h5-8,10-11,14H,4,9H2,1-3H3.